The number of nitrogens with zero attached hydrogens (tertiary/aromatic N) is 2. The first-order chi connectivity index (χ1) is 8.95. The minimum Gasteiger partial charge on any atom is -0.377 e. The number of pyridine rings is 1. The fourth-order valence-electron chi connectivity index (χ4n) is 1.37. The minimum atomic E-state index is -0.636. The molecule has 1 N–H and O–H groups in total. The lowest BCUT2D eigenvalue weighted by Crippen LogP contribution is -2.32. The Balaban J connectivity index is 2.76. The molecule has 7 nitrogen and oxygen atoms in total. The average Bonchev–Trinajstić information content (AvgIpc) is 2.36. The zero-order valence-electron chi connectivity index (χ0n) is 10.6. The lowest BCUT2D eigenvalue weighted by atomic mass is 10.2. The van der Waals surface area contributed by atoms with E-state index in [1.807, 2.05) is 6.92 Å². The van der Waals surface area contributed by atoms with Crippen LogP contribution in [0.3, 0.4) is 0 Å². The van der Waals surface area contributed by atoms with Gasteiger partial charge in [-0.05, 0) is 13.8 Å². The molecule has 0 aromatic carbocycles. The maximum Gasteiger partial charge on any atom is 0.288 e. The van der Waals surface area contributed by atoms with Gasteiger partial charge in [0.05, 0.1) is 16.6 Å². The van der Waals surface area contributed by atoms with Gasteiger partial charge >= 0.3 is 0 Å². The first-order valence-corrected chi connectivity index (χ1v) is 6.03. The predicted molar refractivity (Wildman–Crippen MR) is 69.3 cm³/mol. The fraction of sp³-hybridized carbons (Fsp3) is 0.455. The minimum absolute atomic E-state index is 0.0282. The summed E-state index contributed by atoms with van der Waals surface area (Å²) in [6, 6.07) is 1.09. The molecule has 104 valence electrons. The molecule has 1 aromatic heterocycles. The van der Waals surface area contributed by atoms with Crippen LogP contribution in [-0.2, 0) is 4.74 Å². The molecule has 0 aliphatic heterocycles. The normalized spacial score (nSPS) is 11.9. The highest BCUT2D eigenvalue weighted by molar-refractivity contribution is 6.32. The molecular formula is C11H14ClN3O4. The van der Waals surface area contributed by atoms with E-state index in [1.165, 1.54) is 0 Å². The van der Waals surface area contributed by atoms with Crippen molar-refractivity contribution in [2.24, 2.45) is 0 Å². The van der Waals surface area contributed by atoms with Crippen LogP contribution < -0.4 is 5.32 Å². The van der Waals surface area contributed by atoms with Crippen LogP contribution >= 0.6 is 11.6 Å². The number of rotatable bonds is 6. The summed E-state index contributed by atoms with van der Waals surface area (Å²) in [6.45, 7) is 4.47. The number of amides is 1. The smallest absolute Gasteiger partial charge is 0.288 e. The number of halogens is 1. The van der Waals surface area contributed by atoms with Gasteiger partial charge in [-0.2, -0.15) is 0 Å². The lowest BCUT2D eigenvalue weighted by Gasteiger charge is -2.12. The molecule has 1 heterocycles. The Kier molecular flexibility index (Phi) is 5.65. The van der Waals surface area contributed by atoms with Gasteiger partial charge in [0.2, 0.25) is 0 Å². The Labute approximate surface area is 115 Å². The molecule has 0 bridgehead atoms. The number of ether oxygens (including phenoxy) is 1. The number of carbonyl (C=O) groups is 1. The van der Waals surface area contributed by atoms with E-state index in [-0.39, 0.29) is 29.1 Å². The van der Waals surface area contributed by atoms with Crippen LogP contribution in [0.15, 0.2) is 12.3 Å². The maximum absolute atomic E-state index is 11.8. The van der Waals surface area contributed by atoms with Crippen molar-refractivity contribution in [3.63, 3.8) is 0 Å². The van der Waals surface area contributed by atoms with Crippen LogP contribution in [0.4, 0.5) is 5.69 Å². The van der Waals surface area contributed by atoms with E-state index >= 15 is 0 Å². The molecule has 1 unspecified atom stereocenters. The molecule has 1 aromatic rings. The van der Waals surface area contributed by atoms with Crippen molar-refractivity contribution in [1.29, 1.82) is 0 Å². The van der Waals surface area contributed by atoms with Gasteiger partial charge in [-0.1, -0.05) is 11.6 Å². The Bertz CT molecular complexity index is 481. The summed E-state index contributed by atoms with van der Waals surface area (Å²) in [5, 5.41) is 13.1. The number of nitrogens with one attached hydrogen (secondary N) is 1. The van der Waals surface area contributed by atoms with E-state index in [0.717, 1.165) is 12.3 Å². The van der Waals surface area contributed by atoms with Gasteiger partial charge in [0.25, 0.3) is 11.6 Å². The van der Waals surface area contributed by atoms with E-state index in [0.29, 0.717) is 6.61 Å². The highest BCUT2D eigenvalue weighted by atomic mass is 35.5. The van der Waals surface area contributed by atoms with Gasteiger partial charge in [-0.3, -0.25) is 14.9 Å². The predicted octanol–water partition coefficient (Wildman–Crippen LogP) is 1.80. The number of hydrogen-bond acceptors (Lipinski definition) is 5. The average molecular weight is 288 g/mol. The molecule has 0 aliphatic rings. The van der Waals surface area contributed by atoms with Crippen LogP contribution in [0.5, 0.6) is 0 Å². The van der Waals surface area contributed by atoms with Crippen molar-refractivity contribution in [3.05, 3.63) is 33.1 Å². The first-order valence-electron chi connectivity index (χ1n) is 5.65. The van der Waals surface area contributed by atoms with Gasteiger partial charge in [0, 0.05) is 19.2 Å². The van der Waals surface area contributed by atoms with E-state index in [1.54, 1.807) is 6.92 Å². The van der Waals surface area contributed by atoms with Crippen molar-refractivity contribution < 1.29 is 14.5 Å². The third-order valence-corrected chi connectivity index (χ3v) is 2.58. The molecular weight excluding hydrogens is 274 g/mol. The number of aromatic nitrogens is 1. The summed E-state index contributed by atoms with van der Waals surface area (Å²) >= 11 is 5.75. The van der Waals surface area contributed by atoms with Crippen LogP contribution in [0, 0.1) is 10.1 Å². The second-order valence-corrected chi connectivity index (χ2v) is 4.12. The van der Waals surface area contributed by atoms with Crippen LogP contribution in [0.1, 0.15) is 24.2 Å². The zero-order valence-corrected chi connectivity index (χ0v) is 11.3. The highest BCUT2D eigenvalue weighted by Gasteiger charge is 2.17. The number of nitro groups is 1. The largest absolute Gasteiger partial charge is 0.377 e. The number of hydrogen-bond donors (Lipinski definition) is 1. The van der Waals surface area contributed by atoms with Gasteiger partial charge in [0.1, 0.15) is 11.3 Å². The van der Waals surface area contributed by atoms with Crippen LogP contribution in [-0.4, -0.2) is 35.1 Å². The second-order valence-electron chi connectivity index (χ2n) is 3.76. The van der Waals surface area contributed by atoms with Crippen molar-refractivity contribution in [1.82, 2.24) is 10.3 Å². The molecule has 19 heavy (non-hydrogen) atoms. The highest BCUT2D eigenvalue weighted by Crippen LogP contribution is 2.18. The standard InChI is InChI=1S/C11H14ClN3O4/c1-3-19-7(2)5-14-11(16)9-4-8(15(17)18)6-13-10(9)12/h4,6-7H,3,5H2,1-2H3,(H,14,16). The molecule has 0 aliphatic carbocycles. The fourth-order valence-corrected chi connectivity index (χ4v) is 1.56. The van der Waals surface area contributed by atoms with E-state index in [9.17, 15) is 14.9 Å². The Morgan fingerprint density at radius 1 is 1.68 bits per heavy atom. The van der Waals surface area contributed by atoms with Gasteiger partial charge in [0.15, 0.2) is 0 Å². The van der Waals surface area contributed by atoms with E-state index in [2.05, 4.69) is 10.3 Å². The van der Waals surface area contributed by atoms with Crippen molar-refractivity contribution in [2.75, 3.05) is 13.2 Å². The van der Waals surface area contributed by atoms with Gasteiger partial charge < -0.3 is 10.1 Å². The second kappa shape index (κ2) is 7.01. The summed E-state index contributed by atoms with van der Waals surface area (Å²) in [4.78, 5) is 25.4. The maximum atomic E-state index is 11.8. The van der Waals surface area contributed by atoms with E-state index in [4.69, 9.17) is 16.3 Å². The monoisotopic (exact) mass is 287 g/mol. The lowest BCUT2D eigenvalue weighted by molar-refractivity contribution is -0.385. The molecule has 1 amide bonds. The van der Waals surface area contributed by atoms with Crippen molar-refractivity contribution >= 4 is 23.2 Å². The van der Waals surface area contributed by atoms with Crippen LogP contribution in [0.25, 0.3) is 0 Å². The molecule has 1 rings (SSSR count). The summed E-state index contributed by atoms with van der Waals surface area (Å²) in [7, 11) is 0. The zero-order chi connectivity index (χ0) is 14.4. The van der Waals surface area contributed by atoms with Crippen molar-refractivity contribution in [2.45, 2.75) is 20.0 Å². The number of carbonyl (C=O) groups excluding carboxylic acids is 1. The van der Waals surface area contributed by atoms with Gasteiger partial charge in [-0.15, -0.1) is 0 Å². The summed E-state index contributed by atoms with van der Waals surface area (Å²) in [5.41, 5.74) is -0.313. The van der Waals surface area contributed by atoms with Crippen molar-refractivity contribution in [3.8, 4) is 0 Å². The van der Waals surface area contributed by atoms with E-state index < -0.39 is 10.8 Å². The van der Waals surface area contributed by atoms with Crippen LogP contribution in [0.2, 0.25) is 5.15 Å². The Morgan fingerprint density at radius 3 is 2.95 bits per heavy atom. The third kappa shape index (κ3) is 4.46. The third-order valence-electron chi connectivity index (χ3n) is 2.28. The topological polar surface area (TPSA) is 94.4 Å². The summed E-state index contributed by atoms with van der Waals surface area (Å²) in [5.74, 6) is -0.521. The Hall–Kier alpha value is -1.73. The molecule has 0 saturated carbocycles. The quantitative estimate of drug-likeness (QED) is 0.489. The molecule has 0 saturated heterocycles. The molecule has 0 spiro atoms. The Morgan fingerprint density at radius 2 is 2.37 bits per heavy atom. The molecule has 0 fully saturated rings. The molecule has 8 heteroatoms. The van der Waals surface area contributed by atoms with Gasteiger partial charge in [-0.25, -0.2) is 4.98 Å². The molecule has 1 atom stereocenters. The first kappa shape index (κ1) is 15.3. The SMILES string of the molecule is CCOC(C)CNC(=O)c1cc([N+](=O)[O-])cnc1Cl. The summed E-state index contributed by atoms with van der Waals surface area (Å²) < 4.78 is 5.25. The summed E-state index contributed by atoms with van der Waals surface area (Å²) in [6.07, 6.45) is 0.849. The molecule has 0 radical (unpaired) electrons.